The number of rotatable bonds is 6. The van der Waals surface area contributed by atoms with E-state index >= 15 is 0 Å². The van der Waals surface area contributed by atoms with E-state index in [0.717, 1.165) is 12.1 Å². The molecule has 1 amide bonds. The van der Waals surface area contributed by atoms with Gasteiger partial charge in [0.15, 0.2) is 0 Å². The highest BCUT2D eigenvalue weighted by Gasteiger charge is 2.30. The zero-order valence-corrected chi connectivity index (χ0v) is 12.9. The lowest BCUT2D eigenvalue weighted by atomic mass is 10.1. The van der Waals surface area contributed by atoms with Gasteiger partial charge in [-0.05, 0) is 43.3 Å². The monoisotopic (exact) mass is 337 g/mol. The topological polar surface area (TPSA) is 67.1 Å². The van der Waals surface area contributed by atoms with Crippen LogP contribution in [0, 0.1) is 0 Å². The highest BCUT2D eigenvalue weighted by Crippen LogP contribution is 2.31. The first-order valence-electron chi connectivity index (χ1n) is 7.43. The molecule has 24 heavy (non-hydrogen) atoms. The lowest BCUT2D eigenvalue weighted by molar-refractivity contribution is -0.137. The molecule has 0 radical (unpaired) electrons. The molecular formula is C17H18F3N3O. The van der Waals surface area contributed by atoms with Gasteiger partial charge < -0.3 is 16.4 Å². The van der Waals surface area contributed by atoms with Crippen molar-refractivity contribution in [2.24, 2.45) is 5.73 Å². The van der Waals surface area contributed by atoms with Crippen LogP contribution in [-0.2, 0) is 6.18 Å². The third-order valence-corrected chi connectivity index (χ3v) is 3.31. The van der Waals surface area contributed by atoms with E-state index in [2.05, 4.69) is 10.6 Å². The maximum absolute atomic E-state index is 12.8. The Kier molecular flexibility index (Phi) is 5.81. The van der Waals surface area contributed by atoms with Crippen LogP contribution in [-0.4, -0.2) is 19.0 Å². The van der Waals surface area contributed by atoms with Crippen molar-refractivity contribution in [3.8, 4) is 0 Å². The molecule has 2 aromatic rings. The third kappa shape index (κ3) is 4.73. The molecule has 4 nitrogen and oxygen atoms in total. The zero-order chi connectivity index (χ0) is 17.6. The van der Waals surface area contributed by atoms with Crippen LogP contribution < -0.4 is 16.4 Å². The number of benzene rings is 2. The van der Waals surface area contributed by atoms with E-state index in [-0.39, 0.29) is 11.6 Å². The minimum Gasteiger partial charge on any atom is -0.355 e. The van der Waals surface area contributed by atoms with Crippen molar-refractivity contribution in [3.63, 3.8) is 0 Å². The Labute approximate surface area is 137 Å². The molecule has 0 heterocycles. The maximum atomic E-state index is 12.8. The number of carbonyl (C=O) groups excluding carboxylic acids is 1. The average Bonchev–Trinajstić information content (AvgIpc) is 2.55. The molecule has 0 aliphatic carbocycles. The summed E-state index contributed by atoms with van der Waals surface area (Å²) in [5.41, 5.74) is 5.67. The van der Waals surface area contributed by atoms with Crippen molar-refractivity contribution < 1.29 is 18.0 Å². The Balaban J connectivity index is 2.20. The van der Waals surface area contributed by atoms with Crippen LogP contribution in [0.25, 0.3) is 0 Å². The van der Waals surface area contributed by atoms with Gasteiger partial charge in [0, 0.05) is 12.2 Å². The van der Waals surface area contributed by atoms with E-state index in [4.69, 9.17) is 5.73 Å². The number of carbonyl (C=O) groups is 1. The first-order valence-corrected chi connectivity index (χ1v) is 7.43. The van der Waals surface area contributed by atoms with Crippen molar-refractivity contribution in [2.45, 2.75) is 12.6 Å². The zero-order valence-electron chi connectivity index (χ0n) is 12.9. The number of amides is 1. The number of anilines is 2. The van der Waals surface area contributed by atoms with Gasteiger partial charge in [0.1, 0.15) is 0 Å². The SMILES string of the molecule is NCCCNC(=O)c1ccccc1Nc1cccc(C(F)(F)F)c1. The van der Waals surface area contributed by atoms with Crippen LogP contribution in [0.5, 0.6) is 0 Å². The normalized spacial score (nSPS) is 11.2. The Morgan fingerprint density at radius 1 is 1.08 bits per heavy atom. The van der Waals surface area contributed by atoms with Gasteiger partial charge in [0.05, 0.1) is 16.8 Å². The second-order valence-electron chi connectivity index (χ2n) is 5.15. The van der Waals surface area contributed by atoms with E-state index in [1.807, 2.05) is 0 Å². The summed E-state index contributed by atoms with van der Waals surface area (Å²) >= 11 is 0. The number of hydrogen-bond donors (Lipinski definition) is 3. The fourth-order valence-electron chi connectivity index (χ4n) is 2.12. The standard InChI is InChI=1S/C17H18F3N3O/c18-17(19,20)12-5-3-6-13(11-12)23-15-8-2-1-7-14(15)16(24)22-10-4-9-21/h1-3,5-8,11,23H,4,9-10,21H2,(H,22,24). The maximum Gasteiger partial charge on any atom is 0.416 e. The number of hydrogen-bond acceptors (Lipinski definition) is 3. The molecule has 0 fully saturated rings. The Morgan fingerprint density at radius 3 is 2.54 bits per heavy atom. The Morgan fingerprint density at radius 2 is 1.83 bits per heavy atom. The Hall–Kier alpha value is -2.54. The van der Waals surface area contributed by atoms with E-state index in [1.54, 1.807) is 24.3 Å². The van der Waals surface area contributed by atoms with Gasteiger partial charge in [0.2, 0.25) is 0 Å². The summed E-state index contributed by atoms with van der Waals surface area (Å²) < 4.78 is 38.4. The summed E-state index contributed by atoms with van der Waals surface area (Å²) in [5, 5.41) is 5.59. The summed E-state index contributed by atoms with van der Waals surface area (Å²) in [7, 11) is 0. The molecule has 0 saturated heterocycles. The van der Waals surface area contributed by atoms with Crippen molar-refractivity contribution in [1.29, 1.82) is 0 Å². The van der Waals surface area contributed by atoms with Crippen molar-refractivity contribution in [2.75, 3.05) is 18.4 Å². The molecule has 2 aromatic carbocycles. The molecule has 0 aromatic heterocycles. The van der Waals surface area contributed by atoms with E-state index in [9.17, 15) is 18.0 Å². The fraction of sp³-hybridized carbons (Fsp3) is 0.235. The first-order chi connectivity index (χ1) is 11.4. The minimum absolute atomic E-state index is 0.257. The molecule has 0 saturated carbocycles. The number of para-hydroxylation sites is 1. The number of nitrogens with two attached hydrogens (primary N) is 1. The molecule has 0 atom stereocenters. The molecule has 0 unspecified atom stereocenters. The average molecular weight is 337 g/mol. The minimum atomic E-state index is -4.42. The Bertz CT molecular complexity index is 701. The molecular weight excluding hydrogens is 319 g/mol. The molecule has 7 heteroatoms. The second-order valence-corrected chi connectivity index (χ2v) is 5.15. The molecule has 0 spiro atoms. The van der Waals surface area contributed by atoms with Crippen LogP contribution in [0.15, 0.2) is 48.5 Å². The summed E-state index contributed by atoms with van der Waals surface area (Å²) in [5.74, 6) is -0.307. The van der Waals surface area contributed by atoms with Gasteiger partial charge in [-0.3, -0.25) is 4.79 Å². The van der Waals surface area contributed by atoms with Gasteiger partial charge >= 0.3 is 6.18 Å². The van der Waals surface area contributed by atoms with Crippen LogP contribution >= 0.6 is 0 Å². The summed E-state index contributed by atoms with van der Waals surface area (Å²) in [6.07, 6.45) is -3.77. The molecule has 0 aliphatic heterocycles. The highest BCUT2D eigenvalue weighted by atomic mass is 19.4. The molecule has 0 aliphatic rings. The summed E-state index contributed by atoms with van der Waals surface area (Å²) in [6.45, 7) is 0.900. The van der Waals surface area contributed by atoms with Gasteiger partial charge in [-0.2, -0.15) is 13.2 Å². The van der Waals surface area contributed by atoms with E-state index < -0.39 is 11.7 Å². The van der Waals surface area contributed by atoms with Gasteiger partial charge in [0.25, 0.3) is 5.91 Å². The molecule has 128 valence electrons. The fourth-order valence-corrected chi connectivity index (χ4v) is 2.12. The van der Waals surface area contributed by atoms with Crippen LogP contribution in [0.1, 0.15) is 22.3 Å². The quantitative estimate of drug-likeness (QED) is 0.707. The van der Waals surface area contributed by atoms with Crippen LogP contribution in [0.3, 0.4) is 0 Å². The van der Waals surface area contributed by atoms with Crippen molar-refractivity contribution in [3.05, 3.63) is 59.7 Å². The lowest BCUT2D eigenvalue weighted by Crippen LogP contribution is -2.26. The second kappa shape index (κ2) is 7.83. The van der Waals surface area contributed by atoms with Gasteiger partial charge in [-0.1, -0.05) is 18.2 Å². The largest absolute Gasteiger partial charge is 0.416 e. The summed E-state index contributed by atoms with van der Waals surface area (Å²) in [6, 6.07) is 11.5. The number of nitrogens with one attached hydrogen (secondary N) is 2. The predicted molar refractivity (Wildman–Crippen MR) is 87.2 cm³/mol. The highest BCUT2D eigenvalue weighted by molar-refractivity contribution is 6.00. The number of alkyl halides is 3. The van der Waals surface area contributed by atoms with Crippen LogP contribution in [0.4, 0.5) is 24.5 Å². The molecule has 2 rings (SSSR count). The van der Waals surface area contributed by atoms with E-state index in [0.29, 0.717) is 30.8 Å². The van der Waals surface area contributed by atoms with Crippen LogP contribution in [0.2, 0.25) is 0 Å². The summed E-state index contributed by atoms with van der Waals surface area (Å²) in [4.78, 5) is 12.2. The molecule has 0 bridgehead atoms. The van der Waals surface area contributed by atoms with Gasteiger partial charge in [-0.15, -0.1) is 0 Å². The third-order valence-electron chi connectivity index (χ3n) is 3.31. The molecule has 4 N–H and O–H groups in total. The lowest BCUT2D eigenvalue weighted by Gasteiger charge is -2.14. The van der Waals surface area contributed by atoms with Crippen molar-refractivity contribution in [1.82, 2.24) is 5.32 Å². The van der Waals surface area contributed by atoms with E-state index in [1.165, 1.54) is 12.1 Å². The van der Waals surface area contributed by atoms with Crippen molar-refractivity contribution >= 4 is 17.3 Å². The van der Waals surface area contributed by atoms with Gasteiger partial charge in [-0.25, -0.2) is 0 Å². The number of halogens is 3. The smallest absolute Gasteiger partial charge is 0.355 e. The first kappa shape index (κ1) is 17.8. The predicted octanol–water partition coefficient (Wildman–Crippen LogP) is 3.53.